The number of piperidine rings is 1. The Morgan fingerprint density at radius 2 is 2.13 bits per heavy atom. The molecule has 3 aromatic rings. The molecule has 0 bridgehead atoms. The van der Waals surface area contributed by atoms with Gasteiger partial charge in [-0.25, -0.2) is 9.97 Å². The number of imidazole rings is 1. The minimum absolute atomic E-state index is 0.447. The van der Waals surface area contributed by atoms with Gasteiger partial charge >= 0.3 is 0 Å². The van der Waals surface area contributed by atoms with Crippen LogP contribution < -0.4 is 5.32 Å². The number of benzene rings is 1. The molecule has 4 nitrogen and oxygen atoms in total. The molecule has 1 aromatic carbocycles. The molecule has 0 amide bonds. The van der Waals surface area contributed by atoms with Crippen LogP contribution in [0, 0.1) is 6.92 Å². The first kappa shape index (κ1) is 14.4. The third-order valence-corrected chi connectivity index (χ3v) is 4.77. The van der Waals surface area contributed by atoms with Gasteiger partial charge in [-0.15, -0.1) is 0 Å². The number of rotatable bonds is 3. The zero-order chi connectivity index (χ0) is 15.6. The van der Waals surface area contributed by atoms with Crippen molar-refractivity contribution < 1.29 is 0 Å². The lowest BCUT2D eigenvalue weighted by Crippen LogP contribution is -2.32. The van der Waals surface area contributed by atoms with E-state index in [4.69, 9.17) is 4.98 Å². The Bertz CT molecular complexity index is 815. The average Bonchev–Trinajstić information content (AvgIpc) is 2.95. The first-order valence-corrected chi connectivity index (χ1v) is 8.40. The highest BCUT2D eigenvalue weighted by Crippen LogP contribution is 2.26. The van der Waals surface area contributed by atoms with E-state index in [1.165, 1.54) is 24.0 Å². The van der Waals surface area contributed by atoms with E-state index in [0.717, 1.165) is 36.5 Å². The molecule has 0 radical (unpaired) electrons. The van der Waals surface area contributed by atoms with Crippen molar-refractivity contribution in [2.45, 2.75) is 32.2 Å². The molecule has 1 fully saturated rings. The van der Waals surface area contributed by atoms with Gasteiger partial charge in [0.05, 0.1) is 0 Å². The summed E-state index contributed by atoms with van der Waals surface area (Å²) in [5, 5.41) is 3.51. The molecule has 1 atom stereocenters. The summed E-state index contributed by atoms with van der Waals surface area (Å²) in [4.78, 5) is 9.51. The normalized spacial score (nSPS) is 18.4. The third kappa shape index (κ3) is 2.75. The molecule has 118 valence electrons. The van der Waals surface area contributed by atoms with Crippen LogP contribution in [-0.4, -0.2) is 27.6 Å². The maximum absolute atomic E-state index is 4.90. The molecule has 1 aliphatic rings. The molecule has 4 heteroatoms. The summed E-state index contributed by atoms with van der Waals surface area (Å²) >= 11 is 0. The Morgan fingerprint density at radius 3 is 2.96 bits per heavy atom. The summed E-state index contributed by atoms with van der Waals surface area (Å²) in [5.74, 6) is 1.13. The summed E-state index contributed by atoms with van der Waals surface area (Å²) in [7, 11) is 0. The second-order valence-corrected chi connectivity index (χ2v) is 6.35. The van der Waals surface area contributed by atoms with Crippen molar-refractivity contribution in [3.8, 4) is 0 Å². The van der Waals surface area contributed by atoms with Gasteiger partial charge in [0.1, 0.15) is 11.3 Å². The molecule has 1 aliphatic heterocycles. The van der Waals surface area contributed by atoms with Gasteiger partial charge in [0.15, 0.2) is 5.65 Å². The highest BCUT2D eigenvalue weighted by Gasteiger charge is 2.22. The van der Waals surface area contributed by atoms with Crippen LogP contribution >= 0.6 is 0 Å². The van der Waals surface area contributed by atoms with E-state index in [1.807, 2.05) is 12.3 Å². The fourth-order valence-electron chi connectivity index (χ4n) is 3.52. The van der Waals surface area contributed by atoms with Crippen LogP contribution in [0.4, 0.5) is 0 Å². The van der Waals surface area contributed by atoms with Crippen molar-refractivity contribution in [2.24, 2.45) is 0 Å². The maximum atomic E-state index is 4.90. The third-order valence-electron chi connectivity index (χ3n) is 4.77. The van der Waals surface area contributed by atoms with Crippen LogP contribution in [-0.2, 0) is 6.42 Å². The predicted octanol–water partition coefficient (Wildman–Crippen LogP) is 3.26. The average molecular weight is 306 g/mol. The van der Waals surface area contributed by atoms with Crippen molar-refractivity contribution in [1.82, 2.24) is 19.9 Å². The van der Waals surface area contributed by atoms with E-state index in [1.54, 1.807) is 0 Å². The van der Waals surface area contributed by atoms with E-state index >= 15 is 0 Å². The molecular weight excluding hydrogens is 284 g/mol. The minimum Gasteiger partial charge on any atom is -0.315 e. The number of hydrogen-bond acceptors (Lipinski definition) is 3. The number of fused-ring (bicyclic) bond motifs is 1. The van der Waals surface area contributed by atoms with E-state index in [-0.39, 0.29) is 0 Å². The SMILES string of the molecule is Cc1ccccc1Cc1nc2cccnc2n1C1CCCNC1. The monoisotopic (exact) mass is 306 g/mol. The van der Waals surface area contributed by atoms with Crippen LogP contribution in [0.5, 0.6) is 0 Å². The number of nitrogens with one attached hydrogen (secondary N) is 1. The molecule has 1 N–H and O–H groups in total. The highest BCUT2D eigenvalue weighted by molar-refractivity contribution is 5.71. The van der Waals surface area contributed by atoms with Gasteiger partial charge in [0, 0.05) is 25.2 Å². The Hall–Kier alpha value is -2.20. The van der Waals surface area contributed by atoms with Crippen LogP contribution in [0.25, 0.3) is 11.2 Å². The largest absolute Gasteiger partial charge is 0.315 e. The van der Waals surface area contributed by atoms with Gasteiger partial charge < -0.3 is 9.88 Å². The standard InChI is InChI=1S/C19H22N4/c1-14-6-2-3-7-15(14)12-18-22-17-9-5-11-21-19(17)23(18)16-8-4-10-20-13-16/h2-3,5-7,9,11,16,20H,4,8,10,12-13H2,1H3. The number of nitrogens with zero attached hydrogens (tertiary/aromatic N) is 3. The zero-order valence-electron chi connectivity index (χ0n) is 13.5. The van der Waals surface area contributed by atoms with Crippen molar-refractivity contribution in [3.63, 3.8) is 0 Å². The van der Waals surface area contributed by atoms with E-state index in [0.29, 0.717) is 6.04 Å². The molecule has 3 heterocycles. The summed E-state index contributed by atoms with van der Waals surface area (Å²) in [6, 6.07) is 13.0. The lowest BCUT2D eigenvalue weighted by Gasteiger charge is -2.26. The van der Waals surface area contributed by atoms with Gasteiger partial charge in [-0.3, -0.25) is 0 Å². The molecule has 0 spiro atoms. The summed E-state index contributed by atoms with van der Waals surface area (Å²) in [6.07, 6.45) is 5.13. The van der Waals surface area contributed by atoms with Gasteiger partial charge in [-0.05, 0) is 49.6 Å². The summed E-state index contributed by atoms with van der Waals surface area (Å²) in [5.41, 5.74) is 4.68. The molecule has 1 unspecified atom stereocenters. The minimum atomic E-state index is 0.447. The number of hydrogen-bond donors (Lipinski definition) is 1. The number of pyridine rings is 1. The number of aromatic nitrogens is 3. The molecular formula is C19H22N4. The molecule has 23 heavy (non-hydrogen) atoms. The van der Waals surface area contributed by atoms with E-state index < -0.39 is 0 Å². The fourth-order valence-corrected chi connectivity index (χ4v) is 3.52. The van der Waals surface area contributed by atoms with Gasteiger partial charge in [-0.1, -0.05) is 24.3 Å². The van der Waals surface area contributed by atoms with Crippen molar-refractivity contribution in [3.05, 3.63) is 59.5 Å². The van der Waals surface area contributed by atoms with Crippen molar-refractivity contribution in [1.29, 1.82) is 0 Å². The van der Waals surface area contributed by atoms with Crippen molar-refractivity contribution >= 4 is 11.2 Å². The molecule has 0 aliphatic carbocycles. The van der Waals surface area contributed by atoms with Crippen LogP contribution in [0.3, 0.4) is 0 Å². The molecule has 2 aromatic heterocycles. The van der Waals surface area contributed by atoms with Gasteiger partial charge in [0.2, 0.25) is 0 Å². The second kappa shape index (κ2) is 6.13. The maximum Gasteiger partial charge on any atom is 0.160 e. The highest BCUT2D eigenvalue weighted by atomic mass is 15.2. The lowest BCUT2D eigenvalue weighted by molar-refractivity contribution is 0.370. The zero-order valence-corrected chi connectivity index (χ0v) is 13.5. The van der Waals surface area contributed by atoms with E-state index in [2.05, 4.69) is 52.1 Å². The molecule has 0 saturated carbocycles. The first-order valence-electron chi connectivity index (χ1n) is 8.40. The van der Waals surface area contributed by atoms with Crippen molar-refractivity contribution in [2.75, 3.05) is 13.1 Å². The number of aryl methyl sites for hydroxylation is 1. The quantitative estimate of drug-likeness (QED) is 0.807. The summed E-state index contributed by atoms with van der Waals surface area (Å²) < 4.78 is 2.37. The summed E-state index contributed by atoms with van der Waals surface area (Å²) in [6.45, 7) is 4.29. The lowest BCUT2D eigenvalue weighted by atomic mass is 10.0. The van der Waals surface area contributed by atoms with E-state index in [9.17, 15) is 0 Å². The van der Waals surface area contributed by atoms with Gasteiger partial charge in [-0.2, -0.15) is 0 Å². The molecule has 1 saturated heterocycles. The van der Waals surface area contributed by atoms with Crippen LogP contribution in [0.15, 0.2) is 42.6 Å². The smallest absolute Gasteiger partial charge is 0.160 e. The van der Waals surface area contributed by atoms with Crippen LogP contribution in [0.1, 0.15) is 35.8 Å². The Labute approximate surface area is 136 Å². The fraction of sp³-hybridized carbons (Fsp3) is 0.368. The predicted molar refractivity (Wildman–Crippen MR) is 92.7 cm³/mol. The van der Waals surface area contributed by atoms with Gasteiger partial charge in [0.25, 0.3) is 0 Å². The Balaban J connectivity index is 1.80. The Morgan fingerprint density at radius 1 is 1.22 bits per heavy atom. The molecule has 4 rings (SSSR count). The topological polar surface area (TPSA) is 42.7 Å². The van der Waals surface area contributed by atoms with Crippen LogP contribution in [0.2, 0.25) is 0 Å². The Kier molecular flexibility index (Phi) is 3.83. The second-order valence-electron chi connectivity index (χ2n) is 6.35. The first-order chi connectivity index (χ1) is 11.3.